The molecule has 2 aromatic rings. The molecule has 212 valence electrons. The van der Waals surface area contributed by atoms with Gasteiger partial charge in [0.15, 0.2) is 16.6 Å². The molecule has 1 saturated heterocycles. The van der Waals surface area contributed by atoms with E-state index < -0.39 is 29.0 Å². The van der Waals surface area contributed by atoms with Crippen molar-refractivity contribution < 1.29 is 29.1 Å². The number of rotatable bonds is 11. The van der Waals surface area contributed by atoms with Crippen molar-refractivity contribution in [3.63, 3.8) is 0 Å². The molecule has 1 aromatic carbocycles. The number of ketones is 1. The Labute approximate surface area is 244 Å². The minimum Gasteiger partial charge on any atom is -0.477 e. The van der Waals surface area contributed by atoms with Crippen LogP contribution in [0.4, 0.5) is 10.8 Å². The average molecular weight is 604 g/mol. The highest BCUT2D eigenvalue weighted by molar-refractivity contribution is 8.00. The van der Waals surface area contributed by atoms with Crippen LogP contribution in [0.3, 0.4) is 0 Å². The number of benzene rings is 1. The number of carboxylic acids is 1. The van der Waals surface area contributed by atoms with E-state index in [1.807, 2.05) is 38.1 Å². The number of Topliss-reactive ketones (excluding diaryl/α,β-unsaturated/α-hetero) is 1. The zero-order chi connectivity index (χ0) is 29.1. The van der Waals surface area contributed by atoms with Gasteiger partial charge in [0.25, 0.3) is 0 Å². The number of oxime groups is 1. The van der Waals surface area contributed by atoms with Crippen LogP contribution in [-0.2, 0) is 30.4 Å². The lowest BCUT2D eigenvalue weighted by Gasteiger charge is -2.49. The first-order chi connectivity index (χ1) is 19.1. The molecule has 2 aliphatic rings. The molecule has 1 fully saturated rings. The van der Waals surface area contributed by atoms with Gasteiger partial charge in [0.05, 0.1) is 17.0 Å². The first-order valence-electron chi connectivity index (χ1n) is 12.3. The molecular formula is C26H29N5O6S3. The summed E-state index contributed by atoms with van der Waals surface area (Å²) in [6, 6.07) is 7.26. The number of aromatic nitrogens is 1. The number of carboxylic acid groups (broad SMARTS) is 1. The van der Waals surface area contributed by atoms with E-state index in [2.05, 4.69) is 22.8 Å². The van der Waals surface area contributed by atoms with E-state index in [1.165, 1.54) is 23.8 Å². The molecule has 11 nitrogen and oxygen atoms in total. The lowest BCUT2D eigenvalue weighted by Crippen LogP contribution is -2.62. The normalized spacial score (nSPS) is 18.9. The first-order valence-corrected chi connectivity index (χ1v) is 14.9. The van der Waals surface area contributed by atoms with Crippen molar-refractivity contribution in [3.8, 4) is 0 Å². The molecule has 40 heavy (non-hydrogen) atoms. The molecule has 2 aliphatic heterocycles. The van der Waals surface area contributed by atoms with Gasteiger partial charge in [-0.2, -0.15) is 12.6 Å². The Bertz CT molecular complexity index is 1400. The topological polar surface area (TPSA) is 155 Å². The minimum atomic E-state index is -1.21. The van der Waals surface area contributed by atoms with Gasteiger partial charge >= 0.3 is 5.97 Å². The molecular weight excluding hydrogens is 575 g/mol. The number of hydrogen-bond acceptors (Lipinski definition) is 11. The molecule has 4 rings (SSSR count). The van der Waals surface area contributed by atoms with Crippen molar-refractivity contribution in [1.29, 1.82) is 0 Å². The maximum absolute atomic E-state index is 13.2. The Kier molecular flexibility index (Phi) is 9.21. The number of carbonyl (C=O) groups is 4. The molecule has 2 amide bonds. The third-order valence-electron chi connectivity index (χ3n) is 6.50. The second-order valence-corrected chi connectivity index (χ2v) is 11.8. The van der Waals surface area contributed by atoms with Crippen molar-refractivity contribution in [2.45, 2.75) is 38.1 Å². The van der Waals surface area contributed by atoms with E-state index in [0.717, 1.165) is 16.9 Å². The van der Waals surface area contributed by atoms with Crippen LogP contribution in [0.25, 0.3) is 0 Å². The minimum absolute atomic E-state index is 0.0380. The number of nitrogens with two attached hydrogens (primary N) is 1. The molecule has 0 spiro atoms. The number of anilines is 2. The fraction of sp³-hybridized carbons (Fsp3) is 0.385. The predicted octanol–water partition coefficient (Wildman–Crippen LogP) is 2.82. The number of β-lactam (4-membered cyclic amide) rings is 1. The van der Waals surface area contributed by atoms with Crippen LogP contribution >= 0.6 is 35.7 Å². The third kappa shape index (κ3) is 5.88. The van der Waals surface area contributed by atoms with Gasteiger partial charge < -0.3 is 20.6 Å². The van der Waals surface area contributed by atoms with Crippen LogP contribution in [0.2, 0.25) is 0 Å². The molecule has 2 atom stereocenters. The lowest BCUT2D eigenvalue weighted by molar-refractivity contribution is -0.153. The van der Waals surface area contributed by atoms with Gasteiger partial charge in [-0.05, 0) is 43.5 Å². The standard InChI is InChI=1S/C26H29N5O6S3/c1-13(2)30(20(33)10-38)16-6-4-5-14(8-16)7-15-11-39-24-17(23(34)31(24)22(15)25(35)36)9-19(32)21(29-37-3)18-12-40-26(27)28-18/h4-6,8,12-13,17,24,38H,7,9-11H2,1-3H3,(H2,27,28)(H,35,36)/b29-21-/t17-,24-/m1/s1. The largest absolute Gasteiger partial charge is 0.477 e. The quantitative estimate of drug-likeness (QED) is 0.152. The highest BCUT2D eigenvalue weighted by Crippen LogP contribution is 2.46. The summed E-state index contributed by atoms with van der Waals surface area (Å²) < 4.78 is 0. The van der Waals surface area contributed by atoms with Crippen LogP contribution in [0.15, 0.2) is 46.1 Å². The van der Waals surface area contributed by atoms with Crippen molar-refractivity contribution in [1.82, 2.24) is 9.88 Å². The Morgan fingerprint density at radius 3 is 2.70 bits per heavy atom. The summed E-state index contributed by atoms with van der Waals surface area (Å²) in [4.78, 5) is 62.9. The SMILES string of the molecule is CO/N=C(\C(=O)C[C@@H]1C(=O)N2C(C(=O)O)=C(Cc3cccc(N(C(=O)CS)C(C)C)c3)CS[C@H]12)c1csc(N)n1. The Morgan fingerprint density at radius 2 is 2.10 bits per heavy atom. The molecule has 0 unspecified atom stereocenters. The predicted molar refractivity (Wildman–Crippen MR) is 158 cm³/mol. The van der Waals surface area contributed by atoms with Gasteiger partial charge in [0, 0.05) is 29.3 Å². The van der Waals surface area contributed by atoms with Crippen LogP contribution in [0, 0.1) is 5.92 Å². The maximum atomic E-state index is 13.2. The second-order valence-electron chi connectivity index (χ2n) is 9.46. The Balaban J connectivity index is 1.55. The van der Waals surface area contributed by atoms with Gasteiger partial charge in [-0.1, -0.05) is 17.3 Å². The van der Waals surface area contributed by atoms with Crippen molar-refractivity contribution in [2.75, 3.05) is 29.2 Å². The van der Waals surface area contributed by atoms with Crippen molar-refractivity contribution in [2.24, 2.45) is 11.1 Å². The zero-order valence-electron chi connectivity index (χ0n) is 22.1. The highest BCUT2D eigenvalue weighted by atomic mass is 32.2. The molecule has 3 heterocycles. The average Bonchev–Trinajstić information content (AvgIpc) is 3.35. The number of amides is 2. The van der Waals surface area contributed by atoms with Gasteiger partial charge in [-0.15, -0.1) is 23.1 Å². The smallest absolute Gasteiger partial charge is 0.352 e. The number of thiazole rings is 1. The van der Waals surface area contributed by atoms with Gasteiger partial charge in [0.2, 0.25) is 11.8 Å². The number of aliphatic carboxylic acids is 1. The summed E-state index contributed by atoms with van der Waals surface area (Å²) in [5, 5.41) is 15.2. The molecule has 0 radical (unpaired) electrons. The monoisotopic (exact) mass is 603 g/mol. The van der Waals surface area contributed by atoms with Crippen molar-refractivity contribution >= 4 is 75.8 Å². The summed E-state index contributed by atoms with van der Waals surface area (Å²) in [6.45, 7) is 3.81. The lowest BCUT2D eigenvalue weighted by atomic mass is 9.88. The van der Waals surface area contributed by atoms with Crippen LogP contribution in [0.1, 0.15) is 31.5 Å². The van der Waals surface area contributed by atoms with E-state index in [0.29, 0.717) is 23.4 Å². The van der Waals surface area contributed by atoms with E-state index in [-0.39, 0.29) is 46.4 Å². The maximum Gasteiger partial charge on any atom is 0.352 e. The van der Waals surface area contributed by atoms with Gasteiger partial charge in [0.1, 0.15) is 18.5 Å². The summed E-state index contributed by atoms with van der Waals surface area (Å²) in [5.74, 6) is -2.50. The number of thioether (sulfide) groups is 1. The van der Waals surface area contributed by atoms with Crippen LogP contribution in [0.5, 0.6) is 0 Å². The summed E-state index contributed by atoms with van der Waals surface area (Å²) in [5.41, 5.74) is 7.93. The van der Waals surface area contributed by atoms with E-state index in [1.54, 1.807) is 10.3 Å². The summed E-state index contributed by atoms with van der Waals surface area (Å²) >= 11 is 6.69. The second kappa shape index (κ2) is 12.4. The molecule has 0 bridgehead atoms. The molecule has 0 saturated carbocycles. The first kappa shape index (κ1) is 29.6. The molecule has 1 aromatic heterocycles. The number of hydrogen-bond donors (Lipinski definition) is 3. The number of nitrogen functional groups attached to an aromatic ring is 1. The molecule has 14 heteroatoms. The highest BCUT2D eigenvalue weighted by Gasteiger charge is 2.54. The summed E-state index contributed by atoms with van der Waals surface area (Å²) in [7, 11) is 1.30. The van der Waals surface area contributed by atoms with Gasteiger partial charge in [-0.25, -0.2) is 9.78 Å². The number of thiol groups is 1. The van der Waals surface area contributed by atoms with Crippen molar-refractivity contribution in [3.05, 3.63) is 52.2 Å². The Morgan fingerprint density at radius 1 is 1.35 bits per heavy atom. The molecule has 0 aliphatic carbocycles. The fourth-order valence-electron chi connectivity index (χ4n) is 4.85. The van der Waals surface area contributed by atoms with E-state index in [9.17, 15) is 24.3 Å². The number of carbonyl (C=O) groups excluding carboxylic acids is 3. The van der Waals surface area contributed by atoms with Crippen LogP contribution in [-0.4, -0.2) is 74.3 Å². The third-order valence-corrected chi connectivity index (χ3v) is 8.84. The van der Waals surface area contributed by atoms with Crippen LogP contribution < -0.4 is 10.6 Å². The summed E-state index contributed by atoms with van der Waals surface area (Å²) in [6.07, 6.45) is 0.126. The molecule has 3 N–H and O–H groups in total. The fourth-order valence-corrected chi connectivity index (χ4v) is 6.96. The van der Waals surface area contributed by atoms with E-state index >= 15 is 0 Å². The Hall–Kier alpha value is -3.36. The number of nitrogens with zero attached hydrogens (tertiary/aromatic N) is 4. The van der Waals surface area contributed by atoms with Gasteiger partial charge in [-0.3, -0.25) is 19.3 Å². The number of fused-ring (bicyclic) bond motifs is 1. The van der Waals surface area contributed by atoms with E-state index in [4.69, 9.17) is 10.6 Å². The zero-order valence-corrected chi connectivity index (χ0v) is 24.6.